The van der Waals surface area contributed by atoms with E-state index in [0.717, 1.165) is 34.9 Å². The summed E-state index contributed by atoms with van der Waals surface area (Å²) in [6, 6.07) is 29.3. The molecule has 3 aromatic carbocycles. The summed E-state index contributed by atoms with van der Waals surface area (Å²) in [6.07, 6.45) is 4.03. The molecule has 220 valence electrons. The lowest BCUT2D eigenvalue weighted by atomic mass is 9.95. The SMILES string of the molecule is CCC1C[C@@H](COCc2ccccc2)O[C@H]1c1scc2c(=S)nc[nH]c12.OCc1ccccc1.OCc1ccccc1. The van der Waals surface area contributed by atoms with Gasteiger partial charge in [-0.15, -0.1) is 11.3 Å². The molecule has 0 bridgehead atoms. The van der Waals surface area contributed by atoms with Gasteiger partial charge in [-0.2, -0.15) is 0 Å². The maximum Gasteiger partial charge on any atom is 0.138 e. The number of hydrogen-bond acceptors (Lipinski definition) is 7. The summed E-state index contributed by atoms with van der Waals surface area (Å²) in [6.45, 7) is 3.76. The number of H-pyrrole nitrogens is 1. The van der Waals surface area contributed by atoms with Crippen LogP contribution in [0.4, 0.5) is 0 Å². The van der Waals surface area contributed by atoms with Crippen LogP contribution in [0, 0.1) is 10.6 Å². The third-order valence-electron chi connectivity index (χ3n) is 7.02. The number of nitrogens with one attached hydrogen (secondary N) is 1. The number of aromatic amines is 1. The maximum absolute atomic E-state index is 8.54. The molecular weight excluding hydrogens is 565 g/mol. The number of thiophene rings is 1. The lowest BCUT2D eigenvalue weighted by Crippen LogP contribution is -2.14. The Kier molecular flexibility index (Phi) is 12.8. The van der Waals surface area contributed by atoms with Crippen molar-refractivity contribution in [3.63, 3.8) is 0 Å². The van der Waals surface area contributed by atoms with Crippen LogP contribution in [0.25, 0.3) is 10.9 Å². The summed E-state index contributed by atoms with van der Waals surface area (Å²) in [4.78, 5) is 8.67. The number of fused-ring (bicyclic) bond motifs is 1. The summed E-state index contributed by atoms with van der Waals surface area (Å²) in [7, 11) is 0. The van der Waals surface area contributed by atoms with Crippen molar-refractivity contribution in [2.24, 2.45) is 5.92 Å². The monoisotopic (exact) mass is 602 g/mol. The molecule has 0 amide bonds. The van der Waals surface area contributed by atoms with Crippen molar-refractivity contribution in [1.82, 2.24) is 9.97 Å². The average Bonchev–Trinajstić information content (AvgIpc) is 3.68. The van der Waals surface area contributed by atoms with Gasteiger partial charge in [0.05, 0.1) is 55.4 Å². The van der Waals surface area contributed by atoms with Gasteiger partial charge in [-0.1, -0.05) is 117 Å². The van der Waals surface area contributed by atoms with Crippen LogP contribution in [0.3, 0.4) is 0 Å². The van der Waals surface area contributed by atoms with Crippen LogP contribution in [0.2, 0.25) is 0 Å². The van der Waals surface area contributed by atoms with E-state index in [4.69, 9.17) is 31.9 Å². The Morgan fingerprint density at radius 2 is 1.48 bits per heavy atom. The topological polar surface area (TPSA) is 87.6 Å². The van der Waals surface area contributed by atoms with E-state index in [9.17, 15) is 0 Å². The molecule has 2 aromatic heterocycles. The summed E-state index contributed by atoms with van der Waals surface area (Å²) >= 11 is 7.05. The third-order valence-corrected chi connectivity index (χ3v) is 8.39. The zero-order chi connectivity index (χ0) is 29.6. The van der Waals surface area contributed by atoms with E-state index in [2.05, 4.69) is 34.4 Å². The van der Waals surface area contributed by atoms with Gasteiger partial charge in [-0.05, 0) is 29.0 Å². The number of nitrogens with zero attached hydrogens (tertiary/aromatic N) is 1. The van der Waals surface area contributed by atoms with Crippen LogP contribution >= 0.6 is 23.6 Å². The van der Waals surface area contributed by atoms with Crippen molar-refractivity contribution in [2.45, 2.75) is 51.8 Å². The van der Waals surface area contributed by atoms with Crippen LogP contribution < -0.4 is 0 Å². The van der Waals surface area contributed by atoms with E-state index < -0.39 is 0 Å². The van der Waals surface area contributed by atoms with Gasteiger partial charge in [0.15, 0.2) is 0 Å². The third kappa shape index (κ3) is 9.13. The molecule has 5 aromatic rings. The summed E-state index contributed by atoms with van der Waals surface area (Å²) in [5.74, 6) is 0.498. The lowest BCUT2D eigenvalue weighted by molar-refractivity contribution is -0.0230. The van der Waals surface area contributed by atoms with Crippen LogP contribution in [-0.2, 0) is 29.3 Å². The molecule has 1 aliphatic rings. The highest BCUT2D eigenvalue weighted by Crippen LogP contribution is 2.44. The first-order chi connectivity index (χ1) is 20.6. The van der Waals surface area contributed by atoms with Gasteiger partial charge < -0.3 is 24.7 Å². The predicted octanol–water partition coefficient (Wildman–Crippen LogP) is 7.78. The van der Waals surface area contributed by atoms with E-state index in [0.29, 0.717) is 23.8 Å². The van der Waals surface area contributed by atoms with E-state index in [1.54, 1.807) is 17.7 Å². The molecule has 6 rings (SSSR count). The average molecular weight is 603 g/mol. The highest BCUT2D eigenvalue weighted by molar-refractivity contribution is 7.71. The molecule has 0 saturated carbocycles. The molecule has 1 unspecified atom stereocenters. The summed E-state index contributed by atoms with van der Waals surface area (Å²) in [5, 5.41) is 20.2. The van der Waals surface area contributed by atoms with Crippen molar-refractivity contribution in [2.75, 3.05) is 6.61 Å². The second-order valence-electron chi connectivity index (χ2n) is 9.97. The van der Waals surface area contributed by atoms with Crippen LogP contribution in [0.15, 0.2) is 103 Å². The van der Waals surface area contributed by atoms with Gasteiger partial charge in [0.2, 0.25) is 0 Å². The minimum Gasteiger partial charge on any atom is -0.392 e. The molecule has 0 spiro atoms. The van der Waals surface area contributed by atoms with Crippen molar-refractivity contribution in [3.05, 3.63) is 129 Å². The summed E-state index contributed by atoms with van der Waals surface area (Å²) in [5.41, 5.74) is 4.20. The smallest absolute Gasteiger partial charge is 0.138 e. The predicted molar refractivity (Wildman–Crippen MR) is 172 cm³/mol. The Morgan fingerprint density at radius 1 is 0.905 bits per heavy atom. The number of aromatic nitrogens is 2. The molecule has 1 aliphatic heterocycles. The van der Waals surface area contributed by atoms with Crippen molar-refractivity contribution < 1.29 is 19.7 Å². The Bertz CT molecular complexity index is 1470. The molecular formula is C34H38N2O4S2. The van der Waals surface area contributed by atoms with Crippen molar-refractivity contribution in [3.8, 4) is 0 Å². The molecule has 0 aliphatic carbocycles. The number of aliphatic hydroxyl groups is 2. The number of rotatable bonds is 8. The van der Waals surface area contributed by atoms with Crippen molar-refractivity contribution in [1.29, 1.82) is 0 Å². The minimum absolute atomic E-state index is 0.0980. The second-order valence-corrected chi connectivity index (χ2v) is 11.3. The molecule has 42 heavy (non-hydrogen) atoms. The highest BCUT2D eigenvalue weighted by Gasteiger charge is 2.37. The van der Waals surface area contributed by atoms with Gasteiger partial charge in [-0.3, -0.25) is 0 Å². The molecule has 1 saturated heterocycles. The second kappa shape index (κ2) is 17.0. The molecule has 1 fully saturated rings. The van der Waals surface area contributed by atoms with E-state index in [-0.39, 0.29) is 25.4 Å². The Labute approximate surface area is 256 Å². The van der Waals surface area contributed by atoms with Crippen LogP contribution in [0.5, 0.6) is 0 Å². The first-order valence-electron chi connectivity index (χ1n) is 14.1. The fraction of sp³-hybridized carbons (Fsp3) is 0.294. The fourth-order valence-corrected chi connectivity index (χ4v) is 6.19. The Hall–Kier alpha value is -3.24. The molecule has 0 radical (unpaired) electrons. The number of ether oxygens (including phenoxy) is 2. The Balaban J connectivity index is 0.000000205. The molecule has 3 atom stereocenters. The molecule has 3 heterocycles. The van der Waals surface area contributed by atoms with Gasteiger partial charge in [-0.25, -0.2) is 4.98 Å². The zero-order valence-electron chi connectivity index (χ0n) is 23.8. The first kappa shape index (κ1) is 31.7. The lowest BCUT2D eigenvalue weighted by Gasteiger charge is -2.16. The first-order valence-corrected chi connectivity index (χ1v) is 15.4. The van der Waals surface area contributed by atoms with Gasteiger partial charge >= 0.3 is 0 Å². The number of hydrogen-bond donors (Lipinski definition) is 3. The van der Waals surface area contributed by atoms with Gasteiger partial charge in [0.1, 0.15) is 4.64 Å². The molecule has 8 heteroatoms. The van der Waals surface area contributed by atoms with Crippen LogP contribution in [0.1, 0.15) is 47.4 Å². The fourth-order valence-electron chi connectivity index (χ4n) is 4.76. The van der Waals surface area contributed by atoms with E-state index >= 15 is 0 Å². The maximum atomic E-state index is 8.54. The summed E-state index contributed by atoms with van der Waals surface area (Å²) < 4.78 is 13.0. The number of aliphatic hydroxyl groups excluding tert-OH is 2. The molecule has 3 N–H and O–H groups in total. The van der Waals surface area contributed by atoms with Gasteiger partial charge in [0.25, 0.3) is 0 Å². The van der Waals surface area contributed by atoms with Crippen LogP contribution in [-0.4, -0.2) is 32.9 Å². The van der Waals surface area contributed by atoms with E-state index in [1.165, 1.54) is 10.4 Å². The normalized spacial score (nSPS) is 17.6. The standard InChI is InChI=1S/C20H22N2O2S2.2C7H8O/c1-2-14-8-15(10-23-9-13-6-4-3-5-7-13)24-18(14)19-17-16(11-26-19)20(25)22-12-21-17;2*8-6-7-4-2-1-3-5-7/h3-7,11-12,14-15,18H,2,8-10H2,1H3,(H,21,22,25);2*1-5,8H,6H2/t14?,15-,18+;;/m0../s1. The van der Waals surface area contributed by atoms with E-state index in [1.807, 2.05) is 78.9 Å². The largest absolute Gasteiger partial charge is 0.392 e. The number of benzene rings is 3. The minimum atomic E-state index is 0.0980. The Morgan fingerprint density at radius 3 is 2.00 bits per heavy atom. The van der Waals surface area contributed by atoms with Crippen molar-refractivity contribution >= 4 is 34.5 Å². The zero-order valence-corrected chi connectivity index (χ0v) is 25.4. The van der Waals surface area contributed by atoms with Gasteiger partial charge in [0, 0.05) is 10.8 Å². The molecule has 6 nitrogen and oxygen atoms in total. The highest BCUT2D eigenvalue weighted by atomic mass is 32.1. The quantitative estimate of drug-likeness (QED) is 0.157.